The van der Waals surface area contributed by atoms with E-state index in [9.17, 15) is 0 Å². The van der Waals surface area contributed by atoms with Gasteiger partial charge >= 0.3 is 0 Å². The molecular formula is C8H16N2S. The van der Waals surface area contributed by atoms with E-state index in [-0.39, 0.29) is 0 Å². The summed E-state index contributed by atoms with van der Waals surface area (Å²) in [7, 11) is 0. The van der Waals surface area contributed by atoms with Gasteiger partial charge in [0.05, 0.1) is 0 Å². The van der Waals surface area contributed by atoms with Gasteiger partial charge in [0.25, 0.3) is 0 Å². The second kappa shape index (κ2) is 2.97. The Bertz CT molecular complexity index is 165. The minimum atomic E-state index is 0.391. The number of hydrogen-bond acceptors (Lipinski definition) is 1. The summed E-state index contributed by atoms with van der Waals surface area (Å²) >= 11 is 4.92. The summed E-state index contributed by atoms with van der Waals surface area (Å²) in [5, 5.41) is 0.553. The normalized spacial score (nSPS) is 23.3. The van der Waals surface area contributed by atoms with Gasteiger partial charge in [-0.05, 0) is 30.5 Å². The number of likely N-dealkylation sites (tertiary alicyclic amines) is 1. The second-order valence-electron chi connectivity index (χ2n) is 4.03. The zero-order valence-corrected chi connectivity index (χ0v) is 8.08. The molecule has 64 valence electrons. The molecule has 0 unspecified atom stereocenters. The van der Waals surface area contributed by atoms with Crippen molar-refractivity contribution < 1.29 is 0 Å². The fourth-order valence-corrected chi connectivity index (χ4v) is 1.77. The van der Waals surface area contributed by atoms with Gasteiger partial charge in [-0.3, -0.25) is 0 Å². The molecule has 0 aromatic heterocycles. The van der Waals surface area contributed by atoms with Crippen LogP contribution in [0.3, 0.4) is 0 Å². The SMILES string of the molecule is CC1(C)CCCN(C(N)=S)C1. The molecule has 1 saturated heterocycles. The Labute approximate surface area is 73.7 Å². The number of piperidine rings is 1. The van der Waals surface area contributed by atoms with E-state index in [0.29, 0.717) is 10.5 Å². The average molecular weight is 172 g/mol. The predicted octanol–water partition coefficient (Wildman–Crippen LogP) is 1.35. The highest BCUT2D eigenvalue weighted by Gasteiger charge is 2.26. The van der Waals surface area contributed by atoms with Crippen LogP contribution in [0.25, 0.3) is 0 Å². The molecule has 3 heteroatoms. The summed E-state index contributed by atoms with van der Waals surface area (Å²) in [5.74, 6) is 0. The number of nitrogens with zero attached hydrogens (tertiary/aromatic N) is 1. The first-order valence-electron chi connectivity index (χ1n) is 4.06. The Morgan fingerprint density at radius 2 is 2.18 bits per heavy atom. The minimum Gasteiger partial charge on any atom is -0.376 e. The van der Waals surface area contributed by atoms with Crippen molar-refractivity contribution >= 4 is 17.3 Å². The molecule has 0 aromatic carbocycles. The Kier molecular flexibility index (Phi) is 2.37. The molecule has 2 nitrogen and oxygen atoms in total. The Hall–Kier alpha value is -0.310. The molecule has 0 saturated carbocycles. The Balaban J connectivity index is 2.53. The lowest BCUT2D eigenvalue weighted by Gasteiger charge is -2.38. The third kappa shape index (κ3) is 2.33. The zero-order chi connectivity index (χ0) is 8.48. The van der Waals surface area contributed by atoms with E-state index in [2.05, 4.69) is 18.7 Å². The number of rotatable bonds is 0. The van der Waals surface area contributed by atoms with Crippen LogP contribution in [0.1, 0.15) is 26.7 Å². The number of hydrogen-bond donors (Lipinski definition) is 1. The smallest absolute Gasteiger partial charge is 0.166 e. The first-order valence-corrected chi connectivity index (χ1v) is 4.46. The highest BCUT2D eigenvalue weighted by Crippen LogP contribution is 2.27. The molecule has 1 aliphatic rings. The Morgan fingerprint density at radius 1 is 1.55 bits per heavy atom. The maximum Gasteiger partial charge on any atom is 0.166 e. The number of thiocarbonyl (C=S) groups is 1. The summed E-state index contributed by atoms with van der Waals surface area (Å²) in [6.45, 7) is 6.58. The lowest BCUT2D eigenvalue weighted by molar-refractivity contribution is 0.180. The third-order valence-corrected chi connectivity index (χ3v) is 2.47. The van der Waals surface area contributed by atoms with Crippen LogP contribution in [0.5, 0.6) is 0 Å². The van der Waals surface area contributed by atoms with Crippen molar-refractivity contribution in [2.75, 3.05) is 13.1 Å². The minimum absolute atomic E-state index is 0.391. The van der Waals surface area contributed by atoms with Gasteiger partial charge in [-0.15, -0.1) is 0 Å². The van der Waals surface area contributed by atoms with Crippen LogP contribution in [-0.4, -0.2) is 23.1 Å². The maximum absolute atomic E-state index is 5.55. The van der Waals surface area contributed by atoms with Crippen molar-refractivity contribution in [1.82, 2.24) is 4.90 Å². The second-order valence-corrected chi connectivity index (χ2v) is 4.45. The molecule has 1 heterocycles. The van der Waals surface area contributed by atoms with Gasteiger partial charge in [-0.25, -0.2) is 0 Å². The van der Waals surface area contributed by atoms with Crippen LogP contribution in [0.4, 0.5) is 0 Å². The summed E-state index contributed by atoms with van der Waals surface area (Å²) in [6, 6.07) is 0. The molecule has 0 amide bonds. The van der Waals surface area contributed by atoms with Gasteiger partial charge in [0.2, 0.25) is 0 Å². The highest BCUT2D eigenvalue weighted by atomic mass is 32.1. The lowest BCUT2D eigenvalue weighted by Crippen LogP contribution is -2.45. The summed E-state index contributed by atoms with van der Waals surface area (Å²) in [5.41, 5.74) is 5.94. The van der Waals surface area contributed by atoms with E-state index in [1.165, 1.54) is 12.8 Å². The largest absolute Gasteiger partial charge is 0.376 e. The molecule has 0 spiro atoms. The molecule has 11 heavy (non-hydrogen) atoms. The standard InChI is InChI=1S/C8H16N2S/c1-8(2)4-3-5-10(6-8)7(9)11/h3-6H2,1-2H3,(H2,9,11). The molecule has 1 aliphatic heterocycles. The highest BCUT2D eigenvalue weighted by molar-refractivity contribution is 7.80. The first kappa shape index (κ1) is 8.78. The van der Waals surface area contributed by atoms with Crippen molar-refractivity contribution in [3.63, 3.8) is 0 Å². The molecular weight excluding hydrogens is 156 g/mol. The van der Waals surface area contributed by atoms with Crippen molar-refractivity contribution in [3.05, 3.63) is 0 Å². The van der Waals surface area contributed by atoms with E-state index in [1.807, 2.05) is 0 Å². The summed E-state index contributed by atoms with van der Waals surface area (Å²) in [6.07, 6.45) is 2.50. The maximum atomic E-state index is 5.55. The molecule has 1 rings (SSSR count). The first-order chi connectivity index (χ1) is 5.01. The van der Waals surface area contributed by atoms with E-state index >= 15 is 0 Å². The van der Waals surface area contributed by atoms with Crippen LogP contribution in [-0.2, 0) is 0 Å². The van der Waals surface area contributed by atoms with Crippen molar-refractivity contribution in [3.8, 4) is 0 Å². The zero-order valence-electron chi connectivity index (χ0n) is 7.26. The topological polar surface area (TPSA) is 29.3 Å². The van der Waals surface area contributed by atoms with Gasteiger partial charge in [-0.2, -0.15) is 0 Å². The van der Waals surface area contributed by atoms with Crippen LogP contribution >= 0.6 is 12.2 Å². The molecule has 0 aliphatic carbocycles. The van der Waals surface area contributed by atoms with Gasteiger partial charge in [-0.1, -0.05) is 13.8 Å². The van der Waals surface area contributed by atoms with Crippen LogP contribution < -0.4 is 5.73 Å². The fourth-order valence-electron chi connectivity index (χ4n) is 1.61. The summed E-state index contributed by atoms with van der Waals surface area (Å²) < 4.78 is 0. The molecule has 0 atom stereocenters. The molecule has 1 fully saturated rings. The van der Waals surface area contributed by atoms with Crippen molar-refractivity contribution in [1.29, 1.82) is 0 Å². The van der Waals surface area contributed by atoms with E-state index in [0.717, 1.165) is 13.1 Å². The Morgan fingerprint density at radius 3 is 2.55 bits per heavy atom. The van der Waals surface area contributed by atoms with Crippen molar-refractivity contribution in [2.45, 2.75) is 26.7 Å². The van der Waals surface area contributed by atoms with E-state index in [4.69, 9.17) is 18.0 Å². The van der Waals surface area contributed by atoms with Crippen LogP contribution in [0.15, 0.2) is 0 Å². The lowest BCUT2D eigenvalue weighted by atomic mass is 9.84. The van der Waals surface area contributed by atoms with E-state index < -0.39 is 0 Å². The van der Waals surface area contributed by atoms with Crippen LogP contribution in [0, 0.1) is 5.41 Å². The predicted molar refractivity (Wildman–Crippen MR) is 51.4 cm³/mol. The van der Waals surface area contributed by atoms with Gasteiger partial charge < -0.3 is 10.6 Å². The monoisotopic (exact) mass is 172 g/mol. The van der Waals surface area contributed by atoms with Crippen molar-refractivity contribution in [2.24, 2.45) is 11.1 Å². The summed E-state index contributed by atoms with van der Waals surface area (Å²) in [4.78, 5) is 2.10. The quantitative estimate of drug-likeness (QED) is 0.559. The number of nitrogens with two attached hydrogens (primary N) is 1. The van der Waals surface area contributed by atoms with Gasteiger partial charge in [0.15, 0.2) is 5.11 Å². The third-order valence-electron chi connectivity index (χ3n) is 2.21. The molecule has 2 N–H and O–H groups in total. The average Bonchev–Trinajstić information content (AvgIpc) is 1.85. The van der Waals surface area contributed by atoms with Gasteiger partial charge in [0.1, 0.15) is 0 Å². The fraction of sp³-hybridized carbons (Fsp3) is 0.875. The molecule has 0 bridgehead atoms. The molecule has 0 aromatic rings. The van der Waals surface area contributed by atoms with Crippen LogP contribution in [0.2, 0.25) is 0 Å². The van der Waals surface area contributed by atoms with E-state index in [1.54, 1.807) is 0 Å². The van der Waals surface area contributed by atoms with Gasteiger partial charge in [0, 0.05) is 13.1 Å². The molecule has 0 radical (unpaired) electrons.